The molecule has 3 nitrogen and oxygen atoms in total. The molecule has 0 spiro atoms. The van der Waals surface area contributed by atoms with Crippen LogP contribution in [0.15, 0.2) is 30.3 Å². The van der Waals surface area contributed by atoms with E-state index in [-0.39, 0.29) is 17.2 Å². The second kappa shape index (κ2) is 4.01. The van der Waals surface area contributed by atoms with Crippen LogP contribution < -0.4 is 0 Å². The van der Waals surface area contributed by atoms with Crippen molar-refractivity contribution in [2.24, 2.45) is 0 Å². The van der Waals surface area contributed by atoms with Crippen LogP contribution in [-0.4, -0.2) is 15.3 Å². The second-order valence-corrected chi connectivity index (χ2v) is 4.21. The summed E-state index contributed by atoms with van der Waals surface area (Å²) in [4.78, 5) is 0. The molecule has 0 fully saturated rings. The molecule has 0 aromatic heterocycles. The summed E-state index contributed by atoms with van der Waals surface area (Å²) in [5.41, 5.74) is 3.08. The minimum atomic E-state index is -0.0284. The Hall–Kier alpha value is -2.16. The summed E-state index contributed by atoms with van der Waals surface area (Å²) >= 11 is 0. The molecule has 0 bridgehead atoms. The van der Waals surface area contributed by atoms with Crippen molar-refractivity contribution in [1.82, 2.24) is 0 Å². The maximum absolute atomic E-state index is 9.94. The minimum absolute atomic E-state index is 0.0284. The van der Waals surface area contributed by atoms with E-state index in [2.05, 4.69) is 0 Å². The van der Waals surface area contributed by atoms with Gasteiger partial charge < -0.3 is 15.3 Å². The molecule has 3 N–H and O–H groups in total. The van der Waals surface area contributed by atoms with Gasteiger partial charge in [-0.15, -0.1) is 0 Å². The van der Waals surface area contributed by atoms with Gasteiger partial charge >= 0.3 is 0 Å². The molecule has 88 valence electrons. The molecule has 2 aromatic carbocycles. The normalized spacial score (nSPS) is 10.5. The standard InChI is InChI=1S/C14H14O3/c1-8-3-9(2)14(13(17)4-8)10-5-11(15)7-12(16)6-10/h3-7,15-17H,1-2H3. The van der Waals surface area contributed by atoms with E-state index in [9.17, 15) is 15.3 Å². The van der Waals surface area contributed by atoms with Crippen molar-refractivity contribution >= 4 is 0 Å². The van der Waals surface area contributed by atoms with E-state index in [1.807, 2.05) is 19.9 Å². The maximum atomic E-state index is 9.94. The van der Waals surface area contributed by atoms with Gasteiger partial charge in [0.15, 0.2) is 0 Å². The molecule has 2 aromatic rings. The highest BCUT2D eigenvalue weighted by Gasteiger charge is 2.10. The van der Waals surface area contributed by atoms with Crippen molar-refractivity contribution in [3.8, 4) is 28.4 Å². The summed E-state index contributed by atoms with van der Waals surface area (Å²) in [6.45, 7) is 3.78. The Labute approximate surface area is 99.6 Å². The van der Waals surface area contributed by atoms with Crippen LogP contribution in [0.5, 0.6) is 17.2 Å². The molecule has 0 aliphatic carbocycles. The zero-order chi connectivity index (χ0) is 12.6. The average Bonchev–Trinajstić information content (AvgIpc) is 2.13. The molecule has 0 unspecified atom stereocenters. The van der Waals surface area contributed by atoms with Crippen molar-refractivity contribution in [3.63, 3.8) is 0 Å². The highest BCUT2D eigenvalue weighted by atomic mass is 16.3. The van der Waals surface area contributed by atoms with Crippen LogP contribution in [0.25, 0.3) is 11.1 Å². The van der Waals surface area contributed by atoms with Gasteiger partial charge in [-0.25, -0.2) is 0 Å². The molecule has 0 radical (unpaired) electrons. The molecule has 0 aliphatic rings. The van der Waals surface area contributed by atoms with Gasteiger partial charge in [-0.05, 0) is 48.7 Å². The first kappa shape index (κ1) is 11.3. The monoisotopic (exact) mass is 230 g/mol. The molecule has 2 rings (SSSR count). The second-order valence-electron chi connectivity index (χ2n) is 4.21. The van der Waals surface area contributed by atoms with Crippen LogP contribution in [-0.2, 0) is 0 Å². The highest BCUT2D eigenvalue weighted by Crippen LogP contribution is 2.36. The van der Waals surface area contributed by atoms with Crippen LogP contribution in [0.3, 0.4) is 0 Å². The van der Waals surface area contributed by atoms with E-state index in [4.69, 9.17) is 0 Å². The highest BCUT2D eigenvalue weighted by molar-refractivity contribution is 5.76. The Morgan fingerprint density at radius 1 is 0.765 bits per heavy atom. The first-order valence-corrected chi connectivity index (χ1v) is 5.31. The Balaban J connectivity index is 2.68. The van der Waals surface area contributed by atoms with Gasteiger partial charge in [0.25, 0.3) is 0 Å². The van der Waals surface area contributed by atoms with Crippen LogP contribution in [0.2, 0.25) is 0 Å². The number of phenolic OH excluding ortho intramolecular Hbond substituents is 3. The van der Waals surface area contributed by atoms with Crippen molar-refractivity contribution < 1.29 is 15.3 Å². The lowest BCUT2D eigenvalue weighted by molar-refractivity contribution is 0.451. The van der Waals surface area contributed by atoms with Crippen molar-refractivity contribution in [2.75, 3.05) is 0 Å². The number of benzene rings is 2. The largest absolute Gasteiger partial charge is 0.508 e. The van der Waals surface area contributed by atoms with Gasteiger partial charge in [0.1, 0.15) is 17.2 Å². The van der Waals surface area contributed by atoms with Gasteiger partial charge in [0.2, 0.25) is 0 Å². The number of rotatable bonds is 1. The average molecular weight is 230 g/mol. The fourth-order valence-electron chi connectivity index (χ4n) is 2.06. The van der Waals surface area contributed by atoms with Gasteiger partial charge in [-0.2, -0.15) is 0 Å². The number of aromatic hydroxyl groups is 3. The van der Waals surface area contributed by atoms with E-state index in [1.54, 1.807) is 6.07 Å². The van der Waals surface area contributed by atoms with Gasteiger partial charge in [0.05, 0.1) is 0 Å². The van der Waals surface area contributed by atoms with E-state index >= 15 is 0 Å². The summed E-state index contributed by atoms with van der Waals surface area (Å²) in [6.07, 6.45) is 0. The Morgan fingerprint density at radius 2 is 1.35 bits per heavy atom. The van der Waals surface area contributed by atoms with Gasteiger partial charge in [-0.1, -0.05) is 6.07 Å². The molecular weight excluding hydrogens is 216 g/mol. The molecular formula is C14H14O3. The van der Waals surface area contributed by atoms with Crippen LogP contribution in [0.1, 0.15) is 11.1 Å². The lowest BCUT2D eigenvalue weighted by atomic mass is 9.97. The Bertz CT molecular complexity index is 530. The fourth-order valence-corrected chi connectivity index (χ4v) is 2.06. The van der Waals surface area contributed by atoms with E-state index in [0.717, 1.165) is 11.1 Å². The topological polar surface area (TPSA) is 60.7 Å². The van der Waals surface area contributed by atoms with Crippen molar-refractivity contribution in [3.05, 3.63) is 41.5 Å². The van der Waals surface area contributed by atoms with Gasteiger partial charge in [-0.3, -0.25) is 0 Å². The third-order valence-corrected chi connectivity index (χ3v) is 2.65. The third kappa shape index (κ3) is 2.18. The predicted octanol–water partition coefficient (Wildman–Crippen LogP) is 3.09. The van der Waals surface area contributed by atoms with Crippen LogP contribution in [0, 0.1) is 13.8 Å². The first-order chi connectivity index (χ1) is 7.97. The predicted molar refractivity (Wildman–Crippen MR) is 66.3 cm³/mol. The third-order valence-electron chi connectivity index (χ3n) is 2.65. The molecule has 0 aliphatic heterocycles. The lowest BCUT2D eigenvalue weighted by Gasteiger charge is -2.11. The Morgan fingerprint density at radius 3 is 1.88 bits per heavy atom. The summed E-state index contributed by atoms with van der Waals surface area (Å²) in [5.74, 6) is 0.0891. The summed E-state index contributed by atoms with van der Waals surface area (Å²) in [5, 5.41) is 28.8. The molecule has 0 saturated carbocycles. The van der Waals surface area contributed by atoms with Crippen LogP contribution >= 0.6 is 0 Å². The summed E-state index contributed by atoms with van der Waals surface area (Å²) in [7, 11) is 0. The SMILES string of the molecule is Cc1cc(C)c(-c2cc(O)cc(O)c2)c(O)c1. The molecule has 0 saturated heterocycles. The molecule has 3 heteroatoms. The summed E-state index contributed by atoms with van der Waals surface area (Å²) in [6, 6.07) is 7.87. The van der Waals surface area contributed by atoms with E-state index < -0.39 is 0 Å². The molecule has 0 heterocycles. The quantitative estimate of drug-likeness (QED) is 0.705. The van der Waals surface area contributed by atoms with Gasteiger partial charge in [0, 0.05) is 11.6 Å². The van der Waals surface area contributed by atoms with E-state index in [0.29, 0.717) is 11.1 Å². The number of hydrogen-bond donors (Lipinski definition) is 3. The summed E-state index contributed by atoms with van der Waals surface area (Å²) < 4.78 is 0. The first-order valence-electron chi connectivity index (χ1n) is 5.31. The molecule has 17 heavy (non-hydrogen) atoms. The Kier molecular flexibility index (Phi) is 2.68. The lowest BCUT2D eigenvalue weighted by Crippen LogP contribution is -1.86. The minimum Gasteiger partial charge on any atom is -0.508 e. The maximum Gasteiger partial charge on any atom is 0.123 e. The van der Waals surface area contributed by atoms with Crippen molar-refractivity contribution in [2.45, 2.75) is 13.8 Å². The molecule has 0 amide bonds. The number of hydrogen-bond acceptors (Lipinski definition) is 3. The fraction of sp³-hybridized carbons (Fsp3) is 0.143. The smallest absolute Gasteiger partial charge is 0.123 e. The number of aryl methyl sites for hydroxylation is 2. The number of phenols is 3. The zero-order valence-corrected chi connectivity index (χ0v) is 9.73. The van der Waals surface area contributed by atoms with Crippen LogP contribution in [0.4, 0.5) is 0 Å². The van der Waals surface area contributed by atoms with E-state index in [1.165, 1.54) is 18.2 Å². The molecule has 0 atom stereocenters. The zero-order valence-electron chi connectivity index (χ0n) is 9.73. The van der Waals surface area contributed by atoms with Crippen molar-refractivity contribution in [1.29, 1.82) is 0 Å².